The number of hydrogen-bond donors (Lipinski definition) is 1. The number of sulfone groups is 1. The predicted molar refractivity (Wildman–Crippen MR) is 80.2 cm³/mol. The molecule has 1 N–H and O–H groups in total. The molecule has 0 aromatic heterocycles. The van der Waals surface area contributed by atoms with Gasteiger partial charge in [0.1, 0.15) is 17.4 Å². The van der Waals surface area contributed by atoms with Crippen LogP contribution < -0.4 is 5.32 Å². The van der Waals surface area contributed by atoms with Crippen LogP contribution in [0.2, 0.25) is 0 Å². The number of carbonyl (C=O) groups excluding carboxylic acids is 2. The number of hydrogen-bond acceptors (Lipinski definition) is 5. The van der Waals surface area contributed by atoms with Crippen molar-refractivity contribution in [1.29, 1.82) is 0 Å². The Morgan fingerprint density at radius 1 is 1.32 bits per heavy atom. The van der Waals surface area contributed by atoms with Crippen LogP contribution in [0, 0.1) is 0 Å². The fourth-order valence-electron chi connectivity index (χ4n) is 2.19. The van der Waals surface area contributed by atoms with Crippen molar-refractivity contribution in [3.63, 3.8) is 0 Å². The Bertz CT molecular complexity index is 678. The van der Waals surface area contributed by atoms with Gasteiger partial charge in [-0.1, -0.05) is 18.2 Å². The fourth-order valence-corrected chi connectivity index (χ4v) is 4.22. The van der Waals surface area contributed by atoms with Crippen LogP contribution in [-0.2, 0) is 19.4 Å². The van der Waals surface area contributed by atoms with Crippen LogP contribution >= 0.6 is 0 Å². The Kier molecular flexibility index (Phi) is 4.04. The maximum atomic E-state index is 12.5. The molecule has 1 fully saturated rings. The van der Waals surface area contributed by atoms with Crippen molar-refractivity contribution in [2.45, 2.75) is 48.5 Å². The Morgan fingerprint density at radius 3 is 2.41 bits per heavy atom. The van der Waals surface area contributed by atoms with Gasteiger partial charge in [-0.3, -0.25) is 0 Å². The minimum atomic E-state index is -3.68. The molecule has 1 amide bonds. The van der Waals surface area contributed by atoms with Crippen molar-refractivity contribution in [3.05, 3.63) is 30.3 Å². The topological polar surface area (TPSA) is 89.5 Å². The molecular formula is C15H19NO5S. The summed E-state index contributed by atoms with van der Waals surface area (Å²) in [6.45, 7) is 5.06. The normalized spacial score (nSPS) is 24.4. The molecule has 0 heterocycles. The summed E-state index contributed by atoms with van der Waals surface area (Å²) in [6, 6.07) is 7.86. The van der Waals surface area contributed by atoms with E-state index in [1.165, 1.54) is 12.1 Å². The van der Waals surface area contributed by atoms with Gasteiger partial charge in [0.25, 0.3) is 0 Å². The number of aldehydes is 1. The van der Waals surface area contributed by atoms with Crippen molar-refractivity contribution in [2.24, 2.45) is 0 Å². The predicted octanol–water partition coefficient (Wildman–Crippen LogP) is 1.70. The number of carbonyl (C=O) groups is 2. The highest BCUT2D eigenvalue weighted by Crippen LogP contribution is 2.43. The smallest absolute Gasteiger partial charge is 0.408 e. The molecule has 1 aromatic carbocycles. The van der Waals surface area contributed by atoms with Crippen LogP contribution in [-0.4, -0.2) is 37.2 Å². The lowest BCUT2D eigenvalue weighted by atomic mass is 10.2. The fraction of sp³-hybridized carbons (Fsp3) is 0.467. The minimum absolute atomic E-state index is 0.0486. The van der Waals surface area contributed by atoms with E-state index in [4.69, 9.17) is 4.74 Å². The molecule has 0 bridgehead atoms. The van der Waals surface area contributed by atoms with Gasteiger partial charge in [0.2, 0.25) is 0 Å². The zero-order chi connectivity index (χ0) is 16.6. The zero-order valence-electron chi connectivity index (χ0n) is 12.7. The Labute approximate surface area is 129 Å². The van der Waals surface area contributed by atoms with E-state index in [2.05, 4.69) is 5.32 Å². The van der Waals surface area contributed by atoms with Crippen molar-refractivity contribution < 1.29 is 22.7 Å². The van der Waals surface area contributed by atoms with Crippen molar-refractivity contribution in [2.75, 3.05) is 0 Å². The highest BCUT2D eigenvalue weighted by atomic mass is 32.2. The minimum Gasteiger partial charge on any atom is -0.444 e. The second-order valence-electron chi connectivity index (χ2n) is 6.34. The van der Waals surface area contributed by atoms with Crippen molar-refractivity contribution in [1.82, 2.24) is 5.32 Å². The van der Waals surface area contributed by atoms with Crippen LogP contribution in [0.25, 0.3) is 0 Å². The lowest BCUT2D eigenvalue weighted by molar-refractivity contribution is -0.110. The lowest BCUT2D eigenvalue weighted by Crippen LogP contribution is -2.45. The van der Waals surface area contributed by atoms with Gasteiger partial charge in [-0.2, -0.15) is 0 Å². The van der Waals surface area contributed by atoms with E-state index < -0.39 is 32.3 Å². The molecule has 1 aromatic rings. The van der Waals surface area contributed by atoms with Gasteiger partial charge in [-0.05, 0) is 39.3 Å². The van der Waals surface area contributed by atoms with E-state index in [-0.39, 0.29) is 11.3 Å². The maximum absolute atomic E-state index is 12.5. The molecule has 6 nitrogen and oxygen atoms in total. The van der Waals surface area contributed by atoms with E-state index in [0.717, 1.165) is 0 Å². The third-order valence-electron chi connectivity index (χ3n) is 3.33. The molecule has 0 spiro atoms. The van der Waals surface area contributed by atoms with Gasteiger partial charge in [0.05, 0.1) is 10.1 Å². The molecule has 0 radical (unpaired) electrons. The molecule has 0 saturated heterocycles. The van der Waals surface area contributed by atoms with Gasteiger partial charge in [0.15, 0.2) is 9.84 Å². The molecule has 1 aliphatic rings. The summed E-state index contributed by atoms with van der Waals surface area (Å²) in [7, 11) is -3.68. The van der Waals surface area contributed by atoms with Gasteiger partial charge in [0, 0.05) is 0 Å². The summed E-state index contributed by atoms with van der Waals surface area (Å²) >= 11 is 0. The van der Waals surface area contributed by atoms with E-state index in [0.29, 0.717) is 6.29 Å². The van der Waals surface area contributed by atoms with Crippen LogP contribution in [0.3, 0.4) is 0 Å². The average Bonchev–Trinajstić information content (AvgIpc) is 3.13. The Morgan fingerprint density at radius 2 is 1.91 bits per heavy atom. The van der Waals surface area contributed by atoms with Crippen LogP contribution in [0.1, 0.15) is 27.2 Å². The molecule has 1 saturated carbocycles. The molecule has 2 atom stereocenters. The molecule has 2 unspecified atom stereocenters. The van der Waals surface area contributed by atoms with E-state index in [1.54, 1.807) is 39.0 Å². The molecule has 22 heavy (non-hydrogen) atoms. The first-order valence-corrected chi connectivity index (χ1v) is 8.42. The summed E-state index contributed by atoms with van der Waals surface area (Å²) in [5.74, 6) is 0. The summed E-state index contributed by atoms with van der Waals surface area (Å²) in [6.07, 6.45) is -0.278. The van der Waals surface area contributed by atoms with E-state index in [9.17, 15) is 18.0 Å². The first-order chi connectivity index (χ1) is 10.1. The standard InChI is InChI=1S/C15H19NO5S/c1-14(2,3)21-13(18)16-15(10-17)9-12(15)22(19,20)11-7-5-4-6-8-11/h4-8,10,12H,9H2,1-3H3,(H,16,18). The van der Waals surface area contributed by atoms with Gasteiger partial charge < -0.3 is 14.8 Å². The molecule has 2 rings (SSSR count). The van der Waals surface area contributed by atoms with Gasteiger partial charge in [-0.25, -0.2) is 13.2 Å². The highest BCUT2D eigenvalue weighted by molar-refractivity contribution is 7.92. The SMILES string of the molecule is CC(C)(C)OC(=O)NC1(C=O)CC1S(=O)(=O)c1ccccc1. The number of nitrogens with one attached hydrogen (secondary N) is 1. The maximum Gasteiger partial charge on any atom is 0.408 e. The lowest BCUT2D eigenvalue weighted by Gasteiger charge is -2.21. The monoisotopic (exact) mass is 325 g/mol. The number of amides is 1. The summed E-state index contributed by atoms with van der Waals surface area (Å²) < 4.78 is 30.0. The number of alkyl carbamates (subject to hydrolysis) is 1. The third kappa shape index (κ3) is 3.30. The van der Waals surface area contributed by atoms with Crippen LogP contribution in [0.15, 0.2) is 35.2 Å². The molecule has 7 heteroatoms. The van der Waals surface area contributed by atoms with Crippen molar-refractivity contribution >= 4 is 22.2 Å². The number of ether oxygens (including phenoxy) is 1. The molecule has 1 aliphatic carbocycles. The third-order valence-corrected chi connectivity index (χ3v) is 5.59. The van der Waals surface area contributed by atoms with E-state index >= 15 is 0 Å². The second kappa shape index (κ2) is 5.39. The van der Waals surface area contributed by atoms with Crippen molar-refractivity contribution in [3.8, 4) is 0 Å². The van der Waals surface area contributed by atoms with Crippen LogP contribution in [0.5, 0.6) is 0 Å². The Balaban J connectivity index is 2.16. The van der Waals surface area contributed by atoms with Gasteiger partial charge in [-0.15, -0.1) is 0 Å². The summed E-state index contributed by atoms with van der Waals surface area (Å²) in [4.78, 5) is 23.3. The largest absolute Gasteiger partial charge is 0.444 e. The summed E-state index contributed by atoms with van der Waals surface area (Å²) in [5.41, 5.74) is -2.13. The summed E-state index contributed by atoms with van der Waals surface area (Å²) in [5, 5.41) is 1.43. The van der Waals surface area contributed by atoms with E-state index in [1.807, 2.05) is 0 Å². The quantitative estimate of drug-likeness (QED) is 0.851. The molecule has 120 valence electrons. The number of benzene rings is 1. The molecular weight excluding hydrogens is 306 g/mol. The Hall–Kier alpha value is -1.89. The molecule has 0 aliphatic heterocycles. The zero-order valence-corrected chi connectivity index (χ0v) is 13.5. The average molecular weight is 325 g/mol. The second-order valence-corrected chi connectivity index (χ2v) is 8.47. The highest BCUT2D eigenvalue weighted by Gasteiger charge is 2.63. The first-order valence-electron chi connectivity index (χ1n) is 6.87. The van der Waals surface area contributed by atoms with Gasteiger partial charge >= 0.3 is 6.09 Å². The van der Waals surface area contributed by atoms with Crippen LogP contribution in [0.4, 0.5) is 4.79 Å². The first kappa shape index (κ1) is 16.5. The number of rotatable bonds is 4.